The molecule has 0 amide bonds. The molecular formula is C16H21NO2. The molecule has 1 saturated carbocycles. The second-order valence-electron chi connectivity index (χ2n) is 4.23. The van der Waals surface area contributed by atoms with Crippen molar-refractivity contribution in [3.05, 3.63) is 49.1 Å². The van der Waals surface area contributed by atoms with E-state index in [9.17, 15) is 4.79 Å². The van der Waals surface area contributed by atoms with Crippen LogP contribution in [0.4, 0.5) is 0 Å². The first-order chi connectivity index (χ1) is 9.21. The number of rotatable bonds is 4. The van der Waals surface area contributed by atoms with Crippen LogP contribution < -0.4 is 0 Å². The predicted molar refractivity (Wildman–Crippen MR) is 78.3 cm³/mol. The molecule has 3 nitrogen and oxygen atoms in total. The minimum atomic E-state index is -0.632. The van der Waals surface area contributed by atoms with E-state index in [0.29, 0.717) is 6.61 Å². The molecule has 0 aliphatic heterocycles. The first-order valence-corrected chi connectivity index (χ1v) is 6.51. The van der Waals surface area contributed by atoms with Gasteiger partial charge in [-0.2, -0.15) is 0 Å². The van der Waals surface area contributed by atoms with Gasteiger partial charge in [0.2, 0.25) is 0 Å². The summed E-state index contributed by atoms with van der Waals surface area (Å²) in [5, 5.41) is 0. The van der Waals surface area contributed by atoms with Crippen molar-refractivity contribution in [1.29, 1.82) is 0 Å². The van der Waals surface area contributed by atoms with Crippen LogP contribution in [0.3, 0.4) is 0 Å². The number of aliphatic imine (C=N–C) groups is 1. The normalized spacial score (nSPS) is 24.2. The molecule has 2 rings (SSSR count). The van der Waals surface area contributed by atoms with Crippen LogP contribution >= 0.6 is 0 Å². The van der Waals surface area contributed by atoms with Crippen LogP contribution in [0.25, 0.3) is 0 Å². The van der Waals surface area contributed by atoms with Crippen LogP contribution in [-0.4, -0.2) is 24.3 Å². The maximum absolute atomic E-state index is 11.5. The lowest BCUT2D eigenvalue weighted by Crippen LogP contribution is -2.25. The van der Waals surface area contributed by atoms with Crippen LogP contribution in [0.15, 0.2) is 54.0 Å². The Hall–Kier alpha value is -1.90. The van der Waals surface area contributed by atoms with Crippen molar-refractivity contribution in [3.8, 4) is 0 Å². The fourth-order valence-corrected chi connectivity index (χ4v) is 1.86. The third-order valence-corrected chi connectivity index (χ3v) is 2.92. The molecular weight excluding hydrogens is 238 g/mol. The largest absolute Gasteiger partial charge is 0.464 e. The topological polar surface area (TPSA) is 38.7 Å². The minimum absolute atomic E-state index is 0.155. The highest BCUT2D eigenvalue weighted by Crippen LogP contribution is 2.48. The van der Waals surface area contributed by atoms with E-state index in [4.69, 9.17) is 4.74 Å². The number of carbonyl (C=O) groups excluding carboxylic acids is 1. The summed E-state index contributed by atoms with van der Waals surface area (Å²) in [6.07, 6.45) is 4.16. The minimum Gasteiger partial charge on any atom is -0.464 e. The Bertz CT molecular complexity index is 401. The molecule has 0 N–H and O–H groups in total. The number of benzene rings is 1. The lowest BCUT2D eigenvalue weighted by Gasteiger charge is -2.09. The lowest BCUT2D eigenvalue weighted by atomic mass is 10.2. The van der Waals surface area contributed by atoms with Crippen molar-refractivity contribution in [2.24, 2.45) is 10.9 Å². The van der Waals surface area contributed by atoms with Gasteiger partial charge in [-0.3, -0.25) is 4.99 Å². The van der Waals surface area contributed by atoms with E-state index in [2.05, 4.69) is 11.6 Å². The monoisotopic (exact) mass is 259 g/mol. The van der Waals surface area contributed by atoms with Crippen LogP contribution in [-0.2, 0) is 9.53 Å². The summed E-state index contributed by atoms with van der Waals surface area (Å²) in [5.74, 6) is -0.0687. The van der Waals surface area contributed by atoms with Gasteiger partial charge in [-0.1, -0.05) is 42.5 Å². The lowest BCUT2D eigenvalue weighted by molar-refractivity contribution is -0.146. The first kappa shape index (κ1) is 15.2. The van der Waals surface area contributed by atoms with Crippen molar-refractivity contribution in [3.63, 3.8) is 0 Å². The summed E-state index contributed by atoms with van der Waals surface area (Å²) in [7, 11) is 0. The van der Waals surface area contributed by atoms with E-state index in [0.717, 1.165) is 6.42 Å². The van der Waals surface area contributed by atoms with Crippen molar-refractivity contribution < 1.29 is 9.53 Å². The van der Waals surface area contributed by atoms with Gasteiger partial charge in [0.15, 0.2) is 5.54 Å². The zero-order chi connectivity index (χ0) is 14.1. The maximum Gasteiger partial charge on any atom is 0.334 e. The van der Waals surface area contributed by atoms with Crippen molar-refractivity contribution in [2.75, 3.05) is 6.61 Å². The third kappa shape index (κ3) is 4.05. The van der Waals surface area contributed by atoms with E-state index in [-0.39, 0.29) is 11.9 Å². The van der Waals surface area contributed by atoms with Gasteiger partial charge in [0.1, 0.15) is 0 Å². The van der Waals surface area contributed by atoms with E-state index >= 15 is 0 Å². The van der Waals surface area contributed by atoms with Gasteiger partial charge >= 0.3 is 5.97 Å². The molecule has 3 heteroatoms. The number of hydrogen-bond donors (Lipinski definition) is 0. The summed E-state index contributed by atoms with van der Waals surface area (Å²) in [4.78, 5) is 15.7. The smallest absolute Gasteiger partial charge is 0.334 e. The Labute approximate surface area is 115 Å². The quantitative estimate of drug-likeness (QED) is 0.473. The number of nitrogens with zero attached hydrogens (tertiary/aromatic N) is 1. The Balaban J connectivity index is 0.000000250. The Morgan fingerprint density at radius 2 is 1.89 bits per heavy atom. The number of carbonyl (C=O) groups is 1. The molecule has 1 aliphatic rings. The Kier molecular flexibility index (Phi) is 6.00. The Morgan fingerprint density at radius 3 is 2.21 bits per heavy atom. The molecule has 0 aromatic heterocycles. The molecule has 0 spiro atoms. The Morgan fingerprint density at radius 1 is 1.37 bits per heavy atom. The van der Waals surface area contributed by atoms with Gasteiger partial charge < -0.3 is 4.74 Å². The van der Waals surface area contributed by atoms with Crippen LogP contribution in [0.2, 0.25) is 0 Å². The van der Waals surface area contributed by atoms with Gasteiger partial charge in [-0.05, 0) is 26.5 Å². The molecule has 0 heterocycles. The predicted octanol–water partition coefficient (Wildman–Crippen LogP) is 3.27. The third-order valence-electron chi connectivity index (χ3n) is 2.92. The highest BCUT2D eigenvalue weighted by atomic mass is 16.5. The average Bonchev–Trinajstić information content (AvgIpc) is 3.17. The van der Waals surface area contributed by atoms with Crippen LogP contribution in [0.1, 0.15) is 20.3 Å². The van der Waals surface area contributed by atoms with Gasteiger partial charge in [0.25, 0.3) is 0 Å². The molecule has 2 unspecified atom stereocenters. The fourth-order valence-electron chi connectivity index (χ4n) is 1.86. The van der Waals surface area contributed by atoms with E-state index in [1.807, 2.05) is 36.4 Å². The summed E-state index contributed by atoms with van der Waals surface area (Å²) in [5.41, 5.74) is -0.632. The van der Waals surface area contributed by atoms with E-state index in [1.165, 1.54) is 0 Å². The van der Waals surface area contributed by atoms with Gasteiger partial charge in [0.05, 0.1) is 6.61 Å². The average molecular weight is 259 g/mol. The molecule has 1 fully saturated rings. The highest BCUT2D eigenvalue weighted by molar-refractivity contribution is 5.87. The molecule has 1 aromatic rings. The standard InChI is InChI=1S/C10H15NO2.C6H6/c1-4-8-7-10(8,11-5-2)9(12)13-6-3;1-2-4-6-5-3-1/h4-5,8H,1,6-7H2,2-3H3;1-6H. The summed E-state index contributed by atoms with van der Waals surface area (Å²) < 4.78 is 4.95. The van der Waals surface area contributed by atoms with Crippen molar-refractivity contribution in [2.45, 2.75) is 25.8 Å². The van der Waals surface area contributed by atoms with Crippen molar-refractivity contribution in [1.82, 2.24) is 0 Å². The zero-order valence-corrected chi connectivity index (χ0v) is 11.6. The number of ether oxygens (including phenoxy) is 1. The summed E-state index contributed by atoms with van der Waals surface area (Å²) in [6.45, 7) is 7.67. The molecule has 102 valence electrons. The second kappa shape index (κ2) is 7.52. The van der Waals surface area contributed by atoms with Gasteiger partial charge in [-0.15, -0.1) is 6.58 Å². The number of hydrogen-bond acceptors (Lipinski definition) is 3. The molecule has 19 heavy (non-hydrogen) atoms. The van der Waals surface area contributed by atoms with Crippen molar-refractivity contribution >= 4 is 12.2 Å². The SMILES string of the molecule is C=CC1CC1(N=CC)C(=O)OCC.c1ccccc1. The zero-order valence-electron chi connectivity index (χ0n) is 11.6. The van der Waals surface area contributed by atoms with Gasteiger partial charge in [0, 0.05) is 5.92 Å². The molecule has 0 bridgehead atoms. The summed E-state index contributed by atoms with van der Waals surface area (Å²) >= 11 is 0. The molecule has 0 radical (unpaired) electrons. The van der Waals surface area contributed by atoms with Crippen LogP contribution in [0.5, 0.6) is 0 Å². The fraction of sp³-hybridized carbons (Fsp3) is 0.375. The van der Waals surface area contributed by atoms with Crippen LogP contribution in [0, 0.1) is 5.92 Å². The molecule has 2 atom stereocenters. The second-order valence-corrected chi connectivity index (χ2v) is 4.23. The highest BCUT2D eigenvalue weighted by Gasteiger charge is 2.59. The number of esters is 1. The first-order valence-electron chi connectivity index (χ1n) is 6.51. The molecule has 1 aromatic carbocycles. The van der Waals surface area contributed by atoms with E-state index in [1.54, 1.807) is 26.1 Å². The maximum atomic E-state index is 11.5. The van der Waals surface area contributed by atoms with E-state index < -0.39 is 5.54 Å². The van der Waals surface area contributed by atoms with Gasteiger partial charge in [-0.25, -0.2) is 4.79 Å². The molecule has 0 saturated heterocycles. The summed E-state index contributed by atoms with van der Waals surface area (Å²) in [6, 6.07) is 12.0. The molecule has 1 aliphatic carbocycles.